The Morgan fingerprint density at radius 3 is 2.40 bits per heavy atom. The molecule has 1 amide bonds. The number of nitrogens with zero attached hydrogens (tertiary/aromatic N) is 1. The molecule has 0 atom stereocenters. The predicted octanol–water partition coefficient (Wildman–Crippen LogP) is 4.70. The molecule has 0 radical (unpaired) electrons. The van der Waals surface area contributed by atoms with Crippen LogP contribution in [0.3, 0.4) is 0 Å². The fourth-order valence-corrected chi connectivity index (χ4v) is 3.62. The van der Waals surface area contributed by atoms with Gasteiger partial charge in [0.05, 0.1) is 32.7 Å². The maximum Gasteiger partial charge on any atom is 0.245 e. The molecule has 0 saturated heterocycles. The molecule has 0 fully saturated rings. The lowest BCUT2D eigenvalue weighted by molar-refractivity contribution is -0.114. The molecule has 134 valence electrons. The predicted molar refractivity (Wildman–Crippen MR) is 104 cm³/mol. The van der Waals surface area contributed by atoms with E-state index < -0.39 is 22.5 Å². The lowest BCUT2D eigenvalue weighted by Crippen LogP contribution is -2.37. The van der Waals surface area contributed by atoms with E-state index >= 15 is 0 Å². The van der Waals surface area contributed by atoms with E-state index in [2.05, 4.69) is 5.32 Å². The Bertz CT molecular complexity index is 919. The van der Waals surface area contributed by atoms with Crippen LogP contribution >= 0.6 is 46.4 Å². The summed E-state index contributed by atoms with van der Waals surface area (Å²) in [7, 11) is -3.79. The molecule has 0 aliphatic heterocycles. The molecule has 0 aliphatic carbocycles. The average molecular weight is 442 g/mol. The largest absolute Gasteiger partial charge is 0.323 e. The number of carbonyl (C=O) groups is 1. The fourth-order valence-electron chi connectivity index (χ4n) is 1.98. The van der Waals surface area contributed by atoms with E-state index in [-0.39, 0.29) is 31.5 Å². The van der Waals surface area contributed by atoms with E-state index in [1.54, 1.807) is 18.2 Å². The van der Waals surface area contributed by atoms with Gasteiger partial charge in [-0.05, 0) is 30.3 Å². The summed E-state index contributed by atoms with van der Waals surface area (Å²) in [6.07, 6.45) is 0.962. The summed E-state index contributed by atoms with van der Waals surface area (Å²) in [5.74, 6) is -0.620. The van der Waals surface area contributed by atoms with Crippen LogP contribution in [0.4, 0.5) is 11.4 Å². The molecule has 0 aliphatic rings. The molecule has 0 spiro atoms. The van der Waals surface area contributed by atoms with Crippen LogP contribution in [0.25, 0.3) is 0 Å². The lowest BCUT2D eigenvalue weighted by atomic mass is 10.3. The third-order valence-electron chi connectivity index (χ3n) is 3.09. The monoisotopic (exact) mass is 440 g/mol. The first-order valence-electron chi connectivity index (χ1n) is 6.76. The molecule has 10 heteroatoms. The SMILES string of the molecule is CS(=O)(=O)N(CC(=O)Nc1cccc(Cl)c1Cl)c1cc(Cl)ccc1Cl. The van der Waals surface area contributed by atoms with Gasteiger partial charge in [-0.2, -0.15) is 0 Å². The summed E-state index contributed by atoms with van der Waals surface area (Å²) in [6.45, 7) is -0.512. The molecule has 0 saturated carbocycles. The summed E-state index contributed by atoms with van der Waals surface area (Å²) in [4.78, 5) is 12.3. The first-order chi connectivity index (χ1) is 11.6. The van der Waals surface area contributed by atoms with Crippen LogP contribution in [0, 0.1) is 0 Å². The molecule has 2 rings (SSSR count). The van der Waals surface area contributed by atoms with Crippen molar-refractivity contribution in [2.24, 2.45) is 0 Å². The Labute approximate surface area is 165 Å². The minimum absolute atomic E-state index is 0.101. The number of benzene rings is 2. The van der Waals surface area contributed by atoms with Crippen molar-refractivity contribution in [3.63, 3.8) is 0 Å². The normalized spacial score (nSPS) is 11.2. The van der Waals surface area contributed by atoms with Crippen molar-refractivity contribution in [3.8, 4) is 0 Å². The molecule has 0 heterocycles. The minimum atomic E-state index is -3.79. The standard InChI is InChI=1S/C15H12Cl4N2O3S/c1-25(23,24)21(13-7-9(16)5-6-10(13)17)8-14(22)20-12-4-2-3-11(18)15(12)19/h2-7H,8H2,1H3,(H,20,22). The second kappa shape index (κ2) is 8.01. The minimum Gasteiger partial charge on any atom is -0.323 e. The van der Waals surface area contributed by atoms with Crippen molar-refractivity contribution in [1.29, 1.82) is 0 Å². The van der Waals surface area contributed by atoms with Crippen LogP contribution in [0.5, 0.6) is 0 Å². The van der Waals surface area contributed by atoms with E-state index in [4.69, 9.17) is 46.4 Å². The molecule has 5 nitrogen and oxygen atoms in total. The summed E-state index contributed by atoms with van der Waals surface area (Å²) >= 11 is 23.9. The third kappa shape index (κ3) is 5.15. The zero-order valence-electron chi connectivity index (χ0n) is 12.8. The van der Waals surface area contributed by atoms with E-state index in [0.29, 0.717) is 0 Å². The first-order valence-corrected chi connectivity index (χ1v) is 10.1. The number of rotatable bonds is 5. The van der Waals surface area contributed by atoms with Crippen LogP contribution in [-0.4, -0.2) is 27.1 Å². The first kappa shape index (κ1) is 20.1. The van der Waals surface area contributed by atoms with Crippen LogP contribution in [0.15, 0.2) is 36.4 Å². The Morgan fingerprint density at radius 1 is 1.08 bits per heavy atom. The second-order valence-electron chi connectivity index (χ2n) is 5.01. The lowest BCUT2D eigenvalue weighted by Gasteiger charge is -2.23. The maximum absolute atomic E-state index is 12.3. The van der Waals surface area contributed by atoms with Gasteiger partial charge in [-0.15, -0.1) is 0 Å². The van der Waals surface area contributed by atoms with Gasteiger partial charge in [-0.25, -0.2) is 8.42 Å². The summed E-state index contributed by atoms with van der Waals surface area (Å²) in [6, 6.07) is 9.04. The molecular weight excluding hydrogens is 430 g/mol. The van der Waals surface area contributed by atoms with Gasteiger partial charge in [0.25, 0.3) is 0 Å². The zero-order valence-corrected chi connectivity index (χ0v) is 16.6. The molecule has 2 aromatic carbocycles. The third-order valence-corrected chi connectivity index (χ3v) is 5.59. The molecule has 0 aromatic heterocycles. The number of amides is 1. The zero-order chi connectivity index (χ0) is 18.8. The van der Waals surface area contributed by atoms with Crippen LogP contribution in [-0.2, 0) is 14.8 Å². The Morgan fingerprint density at radius 2 is 1.76 bits per heavy atom. The topological polar surface area (TPSA) is 66.5 Å². The highest BCUT2D eigenvalue weighted by atomic mass is 35.5. The van der Waals surface area contributed by atoms with Gasteiger partial charge in [-0.1, -0.05) is 52.5 Å². The van der Waals surface area contributed by atoms with Gasteiger partial charge >= 0.3 is 0 Å². The molecule has 0 bridgehead atoms. The van der Waals surface area contributed by atoms with Crippen molar-refractivity contribution in [1.82, 2.24) is 0 Å². The van der Waals surface area contributed by atoms with Gasteiger partial charge in [0.1, 0.15) is 6.54 Å². The van der Waals surface area contributed by atoms with E-state index in [1.807, 2.05) is 0 Å². The van der Waals surface area contributed by atoms with Crippen molar-refractivity contribution in [3.05, 3.63) is 56.5 Å². The number of carbonyl (C=O) groups excluding carboxylic acids is 1. The van der Waals surface area contributed by atoms with E-state index in [1.165, 1.54) is 18.2 Å². The molecule has 2 aromatic rings. The number of halogens is 4. The van der Waals surface area contributed by atoms with Crippen LogP contribution in [0.2, 0.25) is 20.1 Å². The van der Waals surface area contributed by atoms with Gasteiger partial charge in [0, 0.05) is 5.02 Å². The number of hydrogen-bond donors (Lipinski definition) is 1. The van der Waals surface area contributed by atoms with Crippen LogP contribution in [0.1, 0.15) is 0 Å². The second-order valence-corrected chi connectivity index (χ2v) is 8.55. The highest BCUT2D eigenvalue weighted by Crippen LogP contribution is 2.32. The number of hydrogen-bond acceptors (Lipinski definition) is 3. The highest BCUT2D eigenvalue weighted by molar-refractivity contribution is 7.92. The molecule has 0 unspecified atom stereocenters. The summed E-state index contributed by atoms with van der Waals surface area (Å²) in [5, 5.41) is 3.36. The molecule has 1 N–H and O–H groups in total. The van der Waals surface area contributed by atoms with Crippen LogP contribution < -0.4 is 9.62 Å². The fraction of sp³-hybridized carbons (Fsp3) is 0.133. The number of anilines is 2. The Hall–Kier alpha value is -1.18. The van der Waals surface area contributed by atoms with Gasteiger partial charge in [0.15, 0.2) is 0 Å². The molecule has 25 heavy (non-hydrogen) atoms. The maximum atomic E-state index is 12.3. The summed E-state index contributed by atoms with van der Waals surface area (Å²) < 4.78 is 25.1. The van der Waals surface area contributed by atoms with E-state index in [0.717, 1.165) is 10.6 Å². The number of sulfonamides is 1. The quantitative estimate of drug-likeness (QED) is 0.730. The van der Waals surface area contributed by atoms with Gasteiger partial charge in [-0.3, -0.25) is 9.10 Å². The van der Waals surface area contributed by atoms with Crippen molar-refractivity contribution < 1.29 is 13.2 Å². The van der Waals surface area contributed by atoms with Gasteiger partial charge in [0.2, 0.25) is 15.9 Å². The Kier molecular flexibility index (Phi) is 6.45. The van der Waals surface area contributed by atoms with Gasteiger partial charge < -0.3 is 5.32 Å². The summed E-state index contributed by atoms with van der Waals surface area (Å²) in [5.41, 5.74) is 0.369. The number of nitrogens with one attached hydrogen (secondary N) is 1. The molecular formula is C15H12Cl4N2O3S. The van der Waals surface area contributed by atoms with E-state index in [9.17, 15) is 13.2 Å². The highest BCUT2D eigenvalue weighted by Gasteiger charge is 2.23. The van der Waals surface area contributed by atoms with Crippen molar-refractivity contribution in [2.45, 2.75) is 0 Å². The smallest absolute Gasteiger partial charge is 0.245 e. The van der Waals surface area contributed by atoms with Crippen molar-refractivity contribution >= 4 is 73.7 Å². The Balaban J connectivity index is 2.30. The van der Waals surface area contributed by atoms with Crippen molar-refractivity contribution in [2.75, 3.05) is 22.4 Å². The average Bonchev–Trinajstić information content (AvgIpc) is 2.51.